The lowest BCUT2D eigenvalue weighted by Gasteiger charge is -2.41. The van der Waals surface area contributed by atoms with Gasteiger partial charge in [-0.05, 0) is 31.0 Å². The van der Waals surface area contributed by atoms with Gasteiger partial charge in [-0.2, -0.15) is 0 Å². The first-order valence-electron chi connectivity index (χ1n) is 26.0. The van der Waals surface area contributed by atoms with Crippen molar-refractivity contribution in [2.24, 2.45) is 5.73 Å². The number of hydroxylamine groups is 1. The minimum Gasteiger partial charge on any atom is -0.457 e. The van der Waals surface area contributed by atoms with Gasteiger partial charge in [-0.3, -0.25) is 28.8 Å². The number of esters is 2. The van der Waals surface area contributed by atoms with E-state index < -0.39 is 147 Å². The predicted molar refractivity (Wildman–Crippen MR) is 269 cm³/mol. The highest BCUT2D eigenvalue weighted by Gasteiger charge is 2.51. The first-order chi connectivity index (χ1) is 38.9. The minimum atomic E-state index is -2.06. The summed E-state index contributed by atoms with van der Waals surface area (Å²) in [7, 11) is 0. The molecule has 0 radical (unpaired) electrons. The summed E-state index contributed by atoms with van der Waals surface area (Å²) in [5.41, 5.74) is 7.35. The van der Waals surface area contributed by atoms with Gasteiger partial charge in [0.1, 0.15) is 49.3 Å². The first kappa shape index (κ1) is 62.0. The zero-order valence-corrected chi connectivity index (χ0v) is 43.9. The standard InChI is InChI=1S/C51H66N6O24/c1-2-51(29-19-32-39-27(18-26-6-3-4-7-30(26)55-39)21-57(32)46(69)28(29)24-76-49(51)70)81-38(64)10-9-36(62)54-31(33(61)8-5-12-72-14-16-75-48-44(68)45(80-50(52)71)42(66)35(23-59)79-48)20-37(63)53-11-13-73-15-17-74-47-43(67)40(56-77-25-60)41(65)34(22-58)78-47/h3-4,6-7,18-19,25,31,34-35,40-45,47-48,56,58-59,65-68H,2,5,8-17,20-24H2,1H3,(H2,52,71)(H,53,63)(H,54,62)/t31?,34-,35-,40-,41+,42+,43-,44-,45-,47-,48-,51-/m0/s1. The Morgan fingerprint density at radius 2 is 1.56 bits per heavy atom. The molecule has 2 saturated heterocycles. The summed E-state index contributed by atoms with van der Waals surface area (Å²) in [6, 6.07) is 8.28. The van der Waals surface area contributed by atoms with Gasteiger partial charge in [-0.15, -0.1) is 5.48 Å². The number of primary amides is 1. The maximum atomic E-state index is 14.0. The van der Waals surface area contributed by atoms with E-state index in [2.05, 4.69) is 21.0 Å². The van der Waals surface area contributed by atoms with Crippen molar-refractivity contribution in [2.45, 2.75) is 132 Å². The van der Waals surface area contributed by atoms with Gasteiger partial charge in [-0.1, -0.05) is 25.1 Å². The molecular formula is C51H66N6O24. The molecule has 7 rings (SSSR count). The van der Waals surface area contributed by atoms with Crippen LogP contribution in [0.5, 0.6) is 0 Å². The van der Waals surface area contributed by atoms with Gasteiger partial charge in [0, 0.05) is 42.5 Å². The second-order valence-corrected chi connectivity index (χ2v) is 19.1. The number of aliphatic hydroxyl groups excluding tert-OH is 6. The van der Waals surface area contributed by atoms with Crippen molar-refractivity contribution in [3.8, 4) is 11.4 Å². The molecule has 12 atom stereocenters. The number of nitrogens with one attached hydrogen (secondary N) is 3. The Morgan fingerprint density at radius 3 is 2.25 bits per heavy atom. The van der Waals surface area contributed by atoms with Gasteiger partial charge >= 0.3 is 24.5 Å². The van der Waals surface area contributed by atoms with E-state index in [0.29, 0.717) is 16.9 Å². The molecule has 4 aliphatic rings. The number of nitrogens with two attached hydrogens (primary N) is 1. The Balaban J connectivity index is 0.924. The predicted octanol–water partition coefficient (Wildman–Crippen LogP) is -3.79. The molecule has 30 nitrogen and oxygen atoms in total. The van der Waals surface area contributed by atoms with Crippen molar-refractivity contribution in [3.63, 3.8) is 0 Å². The SMILES string of the molecule is CC[C@@]1(OC(=O)CCC(=O)NC(CC(=O)NCCOCCO[C@H]2O[C@@H](CO)[C@@H](O)[C@H](NOC=O)[C@@H]2O)C(=O)CCCOCCO[C@H]2O[C@@H](CO)[C@@H](O)[C@H](OC(N)=O)[C@@H]2O)C(=O)OCc2c1cc1n(c2=O)Cc2cc3ccccc3nc2-1. The smallest absolute Gasteiger partial charge is 0.404 e. The summed E-state index contributed by atoms with van der Waals surface area (Å²) < 4.78 is 50.3. The lowest BCUT2D eigenvalue weighted by atomic mass is 9.85. The van der Waals surface area contributed by atoms with Crippen LogP contribution in [0.4, 0.5) is 4.79 Å². The minimum absolute atomic E-state index is 0.0333. The third-order valence-corrected chi connectivity index (χ3v) is 13.9. The average molecular weight is 1150 g/mol. The van der Waals surface area contributed by atoms with Gasteiger partial charge in [-0.25, -0.2) is 14.6 Å². The molecule has 1 aromatic carbocycles. The molecule has 11 N–H and O–H groups in total. The number of para-hydroxylation sites is 1. The maximum absolute atomic E-state index is 14.0. The van der Waals surface area contributed by atoms with Crippen molar-refractivity contribution < 1.29 is 112 Å². The lowest BCUT2D eigenvalue weighted by Crippen LogP contribution is -2.64. The van der Waals surface area contributed by atoms with E-state index in [1.165, 1.54) is 4.57 Å². The lowest BCUT2D eigenvalue weighted by molar-refractivity contribution is -0.301. The van der Waals surface area contributed by atoms with E-state index in [1.807, 2.05) is 30.3 Å². The molecule has 0 saturated carbocycles. The Kier molecular flexibility index (Phi) is 22.1. The van der Waals surface area contributed by atoms with Gasteiger partial charge in [0.2, 0.25) is 17.4 Å². The monoisotopic (exact) mass is 1150 g/mol. The third-order valence-electron chi connectivity index (χ3n) is 13.9. The van der Waals surface area contributed by atoms with Crippen molar-refractivity contribution in [1.82, 2.24) is 25.7 Å². The van der Waals surface area contributed by atoms with Crippen LogP contribution in [0.15, 0.2) is 41.2 Å². The first-order valence-corrected chi connectivity index (χ1v) is 26.0. The largest absolute Gasteiger partial charge is 0.457 e. The van der Waals surface area contributed by atoms with E-state index in [4.69, 9.17) is 53.3 Å². The molecule has 2 fully saturated rings. The van der Waals surface area contributed by atoms with Crippen molar-refractivity contribution in [1.29, 1.82) is 0 Å². The average Bonchev–Trinajstić information content (AvgIpc) is 4.10. The van der Waals surface area contributed by atoms with Crippen LogP contribution >= 0.6 is 0 Å². The van der Waals surface area contributed by atoms with E-state index in [1.54, 1.807) is 13.0 Å². The van der Waals surface area contributed by atoms with Crippen LogP contribution in [0.25, 0.3) is 22.3 Å². The fraction of sp³-hybridized carbons (Fsp3) is 0.588. The molecule has 0 aliphatic carbocycles. The second kappa shape index (κ2) is 28.9. The molecule has 2 aromatic heterocycles. The van der Waals surface area contributed by atoms with Crippen LogP contribution in [-0.2, 0) is 95.0 Å². The van der Waals surface area contributed by atoms with Crippen molar-refractivity contribution in [3.05, 3.63) is 63.4 Å². The number of pyridine rings is 2. The number of aliphatic hydroxyl groups is 6. The summed E-state index contributed by atoms with van der Waals surface area (Å²) in [4.78, 5) is 113. The maximum Gasteiger partial charge on any atom is 0.404 e. The molecule has 30 heteroatoms. The normalized spacial score (nSPS) is 26.0. The fourth-order valence-corrected chi connectivity index (χ4v) is 9.68. The zero-order chi connectivity index (χ0) is 58.4. The molecular weight excluding hydrogens is 1080 g/mol. The number of cyclic esters (lactones) is 1. The fourth-order valence-electron chi connectivity index (χ4n) is 9.68. The Labute approximate surface area is 460 Å². The van der Waals surface area contributed by atoms with Crippen LogP contribution in [0.2, 0.25) is 0 Å². The number of carbonyl (C=O) groups excluding carboxylic acids is 7. The Morgan fingerprint density at radius 1 is 0.864 bits per heavy atom. The van der Waals surface area contributed by atoms with Gasteiger partial charge in [0.15, 0.2) is 24.5 Å². The molecule has 4 aliphatic heterocycles. The van der Waals surface area contributed by atoms with Crippen LogP contribution in [0, 0.1) is 0 Å². The number of hydrogen-bond donors (Lipinski definition) is 10. The van der Waals surface area contributed by atoms with Crippen LogP contribution in [0.3, 0.4) is 0 Å². The zero-order valence-electron chi connectivity index (χ0n) is 43.9. The number of ketones is 1. The third kappa shape index (κ3) is 14.9. The topological polar surface area (TPSA) is 430 Å². The van der Waals surface area contributed by atoms with E-state index >= 15 is 0 Å². The highest BCUT2D eigenvalue weighted by Crippen LogP contribution is 2.41. The van der Waals surface area contributed by atoms with E-state index in [-0.39, 0.29) is 96.2 Å². The van der Waals surface area contributed by atoms with Crippen LogP contribution in [0.1, 0.15) is 62.1 Å². The van der Waals surface area contributed by atoms with E-state index in [9.17, 15) is 69.0 Å². The van der Waals surface area contributed by atoms with E-state index in [0.717, 1.165) is 10.9 Å². The van der Waals surface area contributed by atoms with Gasteiger partial charge < -0.3 is 99.0 Å². The molecule has 444 valence electrons. The number of Topliss-reactive ketones (excluding diaryl/α,β-unsaturated/α-hetero) is 1. The molecule has 3 aromatic rings. The number of benzene rings is 1. The number of fused-ring (bicyclic) bond motifs is 5. The number of ether oxygens (including phenoxy) is 9. The quantitative estimate of drug-likeness (QED) is 0.00787. The Bertz CT molecular complexity index is 2780. The molecule has 0 spiro atoms. The Hall–Kier alpha value is -6.65. The highest BCUT2D eigenvalue weighted by molar-refractivity contribution is 5.94. The van der Waals surface area contributed by atoms with Gasteiger partial charge in [0.05, 0.1) is 94.1 Å². The molecule has 6 heterocycles. The number of carbonyl (C=O) groups is 7. The highest BCUT2D eigenvalue weighted by atomic mass is 16.7. The van der Waals surface area contributed by atoms with Crippen LogP contribution in [-0.4, -0.2) is 209 Å². The molecule has 0 bridgehead atoms. The van der Waals surface area contributed by atoms with Crippen LogP contribution < -0.4 is 27.4 Å². The second-order valence-electron chi connectivity index (χ2n) is 19.1. The number of aromatic nitrogens is 2. The summed E-state index contributed by atoms with van der Waals surface area (Å²) in [6.07, 6.45) is -16.5. The summed E-state index contributed by atoms with van der Waals surface area (Å²) in [5.74, 6) is -4.06. The number of hydrogen-bond acceptors (Lipinski definition) is 26. The van der Waals surface area contributed by atoms with Gasteiger partial charge in [0.25, 0.3) is 5.56 Å². The molecule has 1 unspecified atom stereocenters. The van der Waals surface area contributed by atoms with Crippen molar-refractivity contribution >= 4 is 53.0 Å². The summed E-state index contributed by atoms with van der Waals surface area (Å²) >= 11 is 0. The number of nitrogens with zero attached hydrogens (tertiary/aromatic N) is 2. The number of amides is 3. The summed E-state index contributed by atoms with van der Waals surface area (Å²) in [6.45, 7) is -0.734. The summed E-state index contributed by atoms with van der Waals surface area (Å²) in [5, 5.41) is 66.8. The molecule has 3 amide bonds. The molecule has 81 heavy (non-hydrogen) atoms. The number of rotatable bonds is 30. The van der Waals surface area contributed by atoms with Crippen molar-refractivity contribution in [2.75, 3.05) is 59.4 Å².